The van der Waals surface area contributed by atoms with Crippen molar-refractivity contribution in [2.45, 2.75) is 0 Å². The molecule has 4 aromatic heterocycles. The number of rotatable bonds is 4. The Kier molecular flexibility index (Phi) is 5.26. The van der Waals surface area contributed by atoms with Crippen LogP contribution in [0.4, 0.5) is 10.1 Å². The van der Waals surface area contributed by atoms with E-state index < -0.39 is 11.9 Å². The highest BCUT2D eigenvalue weighted by atomic mass is 19.1. The van der Waals surface area contributed by atoms with Crippen LogP contribution in [0.15, 0.2) is 42.9 Å². The molecule has 0 aliphatic carbocycles. The summed E-state index contributed by atoms with van der Waals surface area (Å²) in [6, 6.07) is 6.22. The van der Waals surface area contributed by atoms with Crippen LogP contribution in [-0.4, -0.2) is 79.8 Å². The van der Waals surface area contributed by atoms with Gasteiger partial charge in [-0.2, -0.15) is 9.49 Å². The van der Waals surface area contributed by atoms with Gasteiger partial charge in [-0.15, -0.1) is 5.10 Å². The molecule has 0 atom stereocenters. The molecule has 1 saturated heterocycles. The minimum absolute atomic E-state index is 0.100. The van der Waals surface area contributed by atoms with E-state index >= 15 is 0 Å². The maximum Gasteiger partial charge on any atom is 0.276 e. The van der Waals surface area contributed by atoms with Crippen LogP contribution in [0.2, 0.25) is 0 Å². The quantitative estimate of drug-likeness (QED) is 0.467. The van der Waals surface area contributed by atoms with Crippen LogP contribution in [-0.2, 0) is 4.74 Å². The smallest absolute Gasteiger partial charge is 0.276 e. The number of aromatic amines is 1. The van der Waals surface area contributed by atoms with Gasteiger partial charge in [0.15, 0.2) is 11.5 Å². The van der Waals surface area contributed by atoms with E-state index in [1.807, 2.05) is 0 Å². The second kappa shape index (κ2) is 8.39. The van der Waals surface area contributed by atoms with E-state index in [1.165, 1.54) is 27.9 Å². The molecule has 0 aromatic carbocycles. The van der Waals surface area contributed by atoms with Crippen molar-refractivity contribution >= 4 is 23.1 Å². The number of aromatic nitrogens is 6. The first kappa shape index (κ1) is 20.7. The van der Waals surface area contributed by atoms with Crippen LogP contribution in [0.5, 0.6) is 0 Å². The average Bonchev–Trinajstić information content (AvgIpc) is 3.50. The number of hydrogen-bond acceptors (Lipinski definition) is 7. The highest BCUT2D eigenvalue weighted by Crippen LogP contribution is 2.22. The van der Waals surface area contributed by atoms with Crippen molar-refractivity contribution < 1.29 is 18.7 Å². The number of H-pyrrole nitrogens is 1. The first-order valence-electron chi connectivity index (χ1n) is 10.2. The van der Waals surface area contributed by atoms with Gasteiger partial charge in [0.1, 0.15) is 5.69 Å². The number of amides is 2. The zero-order chi connectivity index (χ0) is 22.9. The second-order valence-electron chi connectivity index (χ2n) is 7.42. The third-order valence-corrected chi connectivity index (χ3v) is 5.38. The fraction of sp³-hybridized carbons (Fsp3) is 0.238. The number of nitrogens with one attached hydrogen (secondary N) is 1. The van der Waals surface area contributed by atoms with Gasteiger partial charge in [-0.05, 0) is 12.1 Å². The number of fused-ring (bicyclic) bond motifs is 1. The van der Waals surface area contributed by atoms with Crippen molar-refractivity contribution in [1.82, 2.24) is 34.7 Å². The third-order valence-electron chi connectivity index (χ3n) is 5.38. The molecule has 4 aromatic rings. The van der Waals surface area contributed by atoms with Crippen LogP contribution < -0.4 is 4.90 Å². The summed E-state index contributed by atoms with van der Waals surface area (Å²) in [4.78, 5) is 37.0. The zero-order valence-electron chi connectivity index (χ0n) is 17.6. The molecule has 2 amide bonds. The number of nitrogens with zero attached hydrogens (tertiary/aromatic N) is 7. The lowest BCUT2D eigenvalue weighted by Crippen LogP contribution is -2.41. The molecule has 0 saturated carbocycles. The number of halogens is 1. The SMILES string of the molecule is CN(C(=O)c1[nH]ncc1C(=O)N1CCOCC1)c1ccn2nc(-c3ccnc(F)c3)nc2c1. The lowest BCUT2D eigenvalue weighted by Gasteiger charge is -2.26. The summed E-state index contributed by atoms with van der Waals surface area (Å²) in [6.07, 6.45) is 4.35. The number of carbonyl (C=O) groups excluding carboxylic acids is 2. The van der Waals surface area contributed by atoms with Gasteiger partial charge in [-0.25, -0.2) is 14.5 Å². The summed E-state index contributed by atoms with van der Waals surface area (Å²) in [5.74, 6) is -0.996. The molecule has 1 aliphatic rings. The van der Waals surface area contributed by atoms with Crippen LogP contribution in [0, 0.1) is 5.95 Å². The Morgan fingerprint density at radius 1 is 1.21 bits per heavy atom. The Morgan fingerprint density at radius 2 is 2.03 bits per heavy atom. The Morgan fingerprint density at radius 3 is 2.82 bits per heavy atom. The van der Waals surface area contributed by atoms with E-state index in [-0.39, 0.29) is 17.2 Å². The van der Waals surface area contributed by atoms with Gasteiger partial charge in [-0.1, -0.05) is 0 Å². The fourth-order valence-corrected chi connectivity index (χ4v) is 3.58. The summed E-state index contributed by atoms with van der Waals surface area (Å²) in [7, 11) is 1.59. The number of hydrogen-bond donors (Lipinski definition) is 1. The van der Waals surface area contributed by atoms with Crippen LogP contribution in [0.25, 0.3) is 17.0 Å². The molecule has 5 rings (SSSR count). The van der Waals surface area contributed by atoms with Crippen molar-refractivity contribution in [2.24, 2.45) is 0 Å². The van der Waals surface area contributed by atoms with Crippen molar-refractivity contribution in [3.63, 3.8) is 0 Å². The van der Waals surface area contributed by atoms with Gasteiger partial charge in [0.05, 0.1) is 25.0 Å². The normalized spacial score (nSPS) is 13.9. The van der Waals surface area contributed by atoms with Gasteiger partial charge in [0, 0.05) is 55.9 Å². The predicted molar refractivity (Wildman–Crippen MR) is 114 cm³/mol. The molecule has 5 heterocycles. The first-order valence-corrected chi connectivity index (χ1v) is 10.2. The average molecular weight is 450 g/mol. The highest BCUT2D eigenvalue weighted by molar-refractivity contribution is 6.11. The predicted octanol–water partition coefficient (Wildman–Crippen LogP) is 1.40. The van der Waals surface area contributed by atoms with E-state index in [9.17, 15) is 14.0 Å². The first-order chi connectivity index (χ1) is 16.0. The van der Waals surface area contributed by atoms with Crippen molar-refractivity contribution in [2.75, 3.05) is 38.3 Å². The summed E-state index contributed by atoms with van der Waals surface area (Å²) >= 11 is 0. The lowest BCUT2D eigenvalue weighted by atomic mass is 10.2. The van der Waals surface area contributed by atoms with Gasteiger partial charge in [0.2, 0.25) is 5.95 Å². The number of ether oxygens (including phenoxy) is 1. The van der Waals surface area contributed by atoms with Gasteiger partial charge < -0.3 is 14.5 Å². The second-order valence-corrected chi connectivity index (χ2v) is 7.42. The molecule has 33 heavy (non-hydrogen) atoms. The van der Waals surface area contributed by atoms with Gasteiger partial charge >= 0.3 is 0 Å². The maximum absolute atomic E-state index is 13.5. The van der Waals surface area contributed by atoms with E-state index in [4.69, 9.17) is 4.74 Å². The summed E-state index contributed by atoms with van der Waals surface area (Å²) in [6.45, 7) is 1.83. The summed E-state index contributed by atoms with van der Waals surface area (Å²) in [5.41, 5.74) is 1.80. The van der Waals surface area contributed by atoms with E-state index in [2.05, 4.69) is 25.3 Å². The number of morpholine rings is 1. The molecule has 12 heteroatoms. The summed E-state index contributed by atoms with van der Waals surface area (Å²) in [5, 5.41) is 10.9. The lowest BCUT2D eigenvalue weighted by molar-refractivity contribution is 0.0302. The topological polar surface area (TPSA) is 122 Å². The number of anilines is 1. The standard InChI is InChI=1S/C21H19FN8O3/c1-28(21(32)18-15(12-24-26-18)20(31)29-6-8-33-9-7-29)14-3-5-30-17(11-14)25-19(27-30)13-2-4-23-16(22)10-13/h2-5,10-12H,6-9H2,1H3,(H,24,26). The Labute approximate surface area is 186 Å². The Balaban J connectivity index is 1.41. The minimum Gasteiger partial charge on any atom is -0.378 e. The van der Waals surface area contributed by atoms with Gasteiger partial charge in [-0.3, -0.25) is 14.7 Å². The van der Waals surface area contributed by atoms with Crippen molar-refractivity contribution in [3.8, 4) is 11.4 Å². The molecule has 168 valence electrons. The highest BCUT2D eigenvalue weighted by Gasteiger charge is 2.27. The van der Waals surface area contributed by atoms with Gasteiger partial charge in [0.25, 0.3) is 11.8 Å². The molecule has 1 N–H and O–H groups in total. The molecular weight excluding hydrogens is 431 g/mol. The minimum atomic E-state index is -0.626. The van der Waals surface area contributed by atoms with E-state index in [0.717, 1.165) is 0 Å². The third kappa shape index (κ3) is 3.91. The van der Waals surface area contributed by atoms with E-state index in [0.29, 0.717) is 49.0 Å². The Hall–Kier alpha value is -4.19. The largest absolute Gasteiger partial charge is 0.378 e. The van der Waals surface area contributed by atoms with Crippen LogP contribution >= 0.6 is 0 Å². The molecule has 1 fully saturated rings. The molecule has 0 spiro atoms. The Bertz CT molecular complexity index is 1340. The monoisotopic (exact) mass is 450 g/mol. The molecule has 0 radical (unpaired) electrons. The van der Waals surface area contributed by atoms with Crippen LogP contribution in [0.1, 0.15) is 20.8 Å². The van der Waals surface area contributed by atoms with Crippen molar-refractivity contribution in [1.29, 1.82) is 0 Å². The van der Waals surface area contributed by atoms with Crippen molar-refractivity contribution in [3.05, 3.63) is 60.1 Å². The molecular formula is C21H19FN8O3. The molecule has 0 unspecified atom stereocenters. The number of carbonyl (C=O) groups is 2. The maximum atomic E-state index is 13.5. The zero-order valence-corrected chi connectivity index (χ0v) is 17.6. The molecule has 1 aliphatic heterocycles. The van der Waals surface area contributed by atoms with E-state index in [1.54, 1.807) is 36.3 Å². The summed E-state index contributed by atoms with van der Waals surface area (Å²) < 4.78 is 20.3. The molecule has 0 bridgehead atoms. The van der Waals surface area contributed by atoms with Crippen LogP contribution in [0.3, 0.4) is 0 Å². The number of pyridine rings is 2. The fourth-order valence-electron chi connectivity index (χ4n) is 3.58. The molecule has 11 nitrogen and oxygen atoms in total.